The van der Waals surface area contributed by atoms with Gasteiger partial charge in [-0.1, -0.05) is 77.4 Å². The summed E-state index contributed by atoms with van der Waals surface area (Å²) in [6, 6.07) is 7.49. The third kappa shape index (κ3) is 8.57. The Balaban J connectivity index is 2.21. The van der Waals surface area contributed by atoms with Crippen LogP contribution in [-0.2, 0) is 13.6 Å². The molecule has 0 aromatic heterocycles. The van der Waals surface area contributed by atoms with Crippen molar-refractivity contribution < 1.29 is 18.3 Å². The number of hydrogen-bond donors (Lipinski definition) is 0. The smallest absolute Gasteiger partial charge is 0.193 e. The normalized spacial score (nSPS) is 22.7. The molecule has 1 fully saturated rings. The largest absolute Gasteiger partial charge is 0.491 e. The van der Waals surface area contributed by atoms with Crippen LogP contribution < -0.4 is 4.74 Å². The predicted molar refractivity (Wildman–Crippen MR) is 158 cm³/mol. The average Bonchev–Trinajstić information content (AvgIpc) is 3.09. The van der Waals surface area contributed by atoms with E-state index in [2.05, 4.69) is 86.5 Å². The first-order valence-corrected chi connectivity index (χ1v) is 19.3. The topological polar surface area (TPSA) is 36.9 Å². The van der Waals surface area contributed by atoms with Crippen LogP contribution in [0.3, 0.4) is 0 Å². The highest BCUT2D eigenvalue weighted by molar-refractivity contribution is 6.74. The lowest BCUT2D eigenvalue weighted by atomic mass is 9.95. The molecule has 3 unspecified atom stereocenters. The number of hydrogen-bond acceptors (Lipinski definition) is 4. The van der Waals surface area contributed by atoms with Crippen LogP contribution in [-0.4, -0.2) is 48.2 Å². The fourth-order valence-corrected chi connectivity index (χ4v) is 6.46. The molecule has 0 radical (unpaired) electrons. The maximum atomic E-state index is 6.78. The molecule has 1 aliphatic heterocycles. The molecule has 1 saturated heterocycles. The van der Waals surface area contributed by atoms with Gasteiger partial charge in [0.15, 0.2) is 16.6 Å². The Bertz CT molecular complexity index is 886. The van der Waals surface area contributed by atoms with Gasteiger partial charge in [0.05, 0.1) is 24.9 Å². The van der Waals surface area contributed by atoms with E-state index in [1.165, 1.54) is 0 Å². The molecule has 4 atom stereocenters. The summed E-state index contributed by atoms with van der Waals surface area (Å²) in [5.74, 6) is 0.972. The summed E-state index contributed by atoms with van der Waals surface area (Å²) in [6.45, 7) is 27.7. The maximum absolute atomic E-state index is 6.78. The lowest BCUT2D eigenvalue weighted by Crippen LogP contribution is -2.46. The molecule has 1 heterocycles. The molecule has 0 spiro atoms. The molecule has 1 aliphatic rings. The Labute approximate surface area is 227 Å². The molecule has 204 valence electrons. The molecule has 0 bridgehead atoms. The maximum Gasteiger partial charge on any atom is 0.193 e. The molecule has 0 aliphatic carbocycles. The van der Waals surface area contributed by atoms with Crippen molar-refractivity contribution in [2.45, 2.75) is 103 Å². The van der Waals surface area contributed by atoms with Gasteiger partial charge in [-0.3, -0.25) is 0 Å². The van der Waals surface area contributed by atoms with Crippen molar-refractivity contribution in [2.75, 3.05) is 13.2 Å². The number of allylic oxidation sites excluding steroid dienone is 1. The summed E-state index contributed by atoms with van der Waals surface area (Å²) >= 11 is 6.15. The number of rotatable bonds is 11. The van der Waals surface area contributed by atoms with E-state index < -0.39 is 16.6 Å². The summed E-state index contributed by atoms with van der Waals surface area (Å²) < 4.78 is 25.9. The number of halogens is 1. The fourth-order valence-electron chi connectivity index (χ4n) is 3.67. The van der Waals surface area contributed by atoms with Crippen molar-refractivity contribution in [3.05, 3.63) is 54.1 Å². The SMILES string of the molecule is C=CCC1C(O[Si](C)(C)C(C)(C)C)CO[C@@H]1C=CC(COc1cccc(Cl)c1)O[Si](C)(C)C(C)(C)C. The van der Waals surface area contributed by atoms with Crippen LogP contribution in [0.25, 0.3) is 0 Å². The minimum absolute atomic E-state index is 0.0468. The fraction of sp³-hybridized carbons (Fsp3) is 0.655. The van der Waals surface area contributed by atoms with E-state index >= 15 is 0 Å². The summed E-state index contributed by atoms with van der Waals surface area (Å²) in [7, 11) is -3.94. The molecule has 1 aromatic carbocycles. The van der Waals surface area contributed by atoms with Crippen LogP contribution in [0, 0.1) is 5.92 Å². The van der Waals surface area contributed by atoms with Crippen molar-refractivity contribution in [3.8, 4) is 5.75 Å². The van der Waals surface area contributed by atoms with E-state index in [1.54, 1.807) is 0 Å². The molecule has 7 heteroatoms. The third-order valence-electron chi connectivity index (χ3n) is 8.02. The Morgan fingerprint density at radius 3 is 2.28 bits per heavy atom. The zero-order valence-corrected chi connectivity index (χ0v) is 26.9. The minimum Gasteiger partial charge on any atom is -0.491 e. The minimum atomic E-state index is -2.03. The van der Waals surface area contributed by atoms with Gasteiger partial charge < -0.3 is 18.3 Å². The summed E-state index contributed by atoms with van der Waals surface area (Å²) in [4.78, 5) is 0. The first kappa shape index (κ1) is 31.3. The lowest BCUT2D eigenvalue weighted by Gasteiger charge is -2.39. The van der Waals surface area contributed by atoms with E-state index in [4.69, 9.17) is 29.9 Å². The number of ether oxygens (including phenoxy) is 2. The van der Waals surface area contributed by atoms with E-state index in [1.807, 2.05) is 30.3 Å². The highest BCUT2D eigenvalue weighted by Gasteiger charge is 2.44. The molecule has 36 heavy (non-hydrogen) atoms. The summed E-state index contributed by atoms with van der Waals surface area (Å²) in [6.07, 6.45) is 6.94. The molecule has 0 amide bonds. The summed E-state index contributed by atoms with van der Waals surface area (Å²) in [5, 5.41) is 0.899. The van der Waals surface area contributed by atoms with Gasteiger partial charge in [-0.05, 0) is 60.9 Å². The van der Waals surface area contributed by atoms with Crippen LogP contribution in [0.4, 0.5) is 0 Å². The van der Waals surface area contributed by atoms with Gasteiger partial charge in [0.2, 0.25) is 0 Å². The van der Waals surface area contributed by atoms with Crippen LogP contribution in [0.15, 0.2) is 49.1 Å². The van der Waals surface area contributed by atoms with Crippen LogP contribution in [0.1, 0.15) is 48.0 Å². The highest BCUT2D eigenvalue weighted by atomic mass is 35.5. The van der Waals surface area contributed by atoms with Gasteiger partial charge in [-0.25, -0.2) is 0 Å². The standard InChI is InChI=1S/C29H49ClO4Si2/c1-12-14-25-26(32-21-27(25)34-36(10,11)29(5,6)7)18-17-24(33-35(8,9)28(2,3)4)20-31-23-16-13-15-22(30)19-23/h12-13,15-19,24-27H,1,14,20-21H2,2-11H3/t24?,25?,26-,27?/m1/s1. The summed E-state index contributed by atoms with van der Waals surface area (Å²) in [5.41, 5.74) is 0. The zero-order valence-electron chi connectivity index (χ0n) is 24.2. The predicted octanol–water partition coefficient (Wildman–Crippen LogP) is 8.65. The zero-order chi connectivity index (χ0) is 27.4. The lowest BCUT2D eigenvalue weighted by molar-refractivity contribution is 0.109. The van der Waals surface area contributed by atoms with Crippen LogP contribution in [0.5, 0.6) is 5.75 Å². The second-order valence-corrected chi connectivity index (χ2v) is 22.9. The van der Waals surface area contributed by atoms with Crippen molar-refractivity contribution in [1.82, 2.24) is 0 Å². The molecule has 0 N–H and O–H groups in total. The van der Waals surface area contributed by atoms with Gasteiger partial charge in [-0.2, -0.15) is 0 Å². The Kier molecular flexibility index (Phi) is 10.7. The first-order chi connectivity index (χ1) is 16.5. The second-order valence-electron chi connectivity index (χ2n) is 13.0. The molecular formula is C29H49ClO4Si2. The Hall–Kier alpha value is -0.896. The molecule has 2 rings (SSSR count). The van der Waals surface area contributed by atoms with Gasteiger partial charge in [0.1, 0.15) is 12.4 Å². The Morgan fingerprint density at radius 2 is 1.72 bits per heavy atom. The molecule has 1 aromatic rings. The van der Waals surface area contributed by atoms with Gasteiger partial charge in [-0.15, -0.1) is 6.58 Å². The molecule has 0 saturated carbocycles. The van der Waals surface area contributed by atoms with Crippen LogP contribution in [0.2, 0.25) is 41.3 Å². The van der Waals surface area contributed by atoms with Crippen molar-refractivity contribution >= 4 is 28.2 Å². The quantitative estimate of drug-likeness (QED) is 0.203. The van der Waals surface area contributed by atoms with Crippen LogP contribution >= 0.6 is 11.6 Å². The molecular weight excluding hydrogens is 504 g/mol. The third-order valence-corrected chi connectivity index (χ3v) is 17.3. The van der Waals surface area contributed by atoms with E-state index in [9.17, 15) is 0 Å². The van der Waals surface area contributed by atoms with Crippen molar-refractivity contribution in [1.29, 1.82) is 0 Å². The van der Waals surface area contributed by atoms with Gasteiger partial charge in [0.25, 0.3) is 0 Å². The van der Waals surface area contributed by atoms with E-state index in [-0.39, 0.29) is 34.3 Å². The van der Waals surface area contributed by atoms with E-state index in [0.717, 1.165) is 12.2 Å². The molecule has 4 nitrogen and oxygen atoms in total. The van der Waals surface area contributed by atoms with Crippen molar-refractivity contribution in [3.63, 3.8) is 0 Å². The highest BCUT2D eigenvalue weighted by Crippen LogP contribution is 2.41. The Morgan fingerprint density at radius 1 is 1.08 bits per heavy atom. The van der Waals surface area contributed by atoms with Gasteiger partial charge >= 0.3 is 0 Å². The second kappa shape index (κ2) is 12.3. The first-order valence-electron chi connectivity index (χ1n) is 13.1. The monoisotopic (exact) mass is 552 g/mol. The van der Waals surface area contributed by atoms with Crippen molar-refractivity contribution in [2.24, 2.45) is 5.92 Å². The average molecular weight is 553 g/mol. The van der Waals surface area contributed by atoms with E-state index in [0.29, 0.717) is 18.2 Å². The van der Waals surface area contributed by atoms with Gasteiger partial charge in [0, 0.05) is 10.9 Å². The number of benzene rings is 1.